The van der Waals surface area contributed by atoms with Crippen LogP contribution >= 0.6 is 35.3 Å². The lowest BCUT2D eigenvalue weighted by Crippen LogP contribution is -2.37. The molecule has 2 aromatic rings. The first-order valence-corrected chi connectivity index (χ1v) is 13.1. The number of hydrogen-bond donors (Lipinski definition) is 1. The average Bonchev–Trinajstić information content (AvgIpc) is 3.08. The molecule has 0 spiro atoms. The molecule has 0 unspecified atom stereocenters. The lowest BCUT2D eigenvalue weighted by atomic mass is 10.1. The first-order valence-electron chi connectivity index (χ1n) is 10.1. The molecule has 5 nitrogen and oxygen atoms in total. The minimum Gasteiger partial charge on any atom is -0.350 e. The van der Waals surface area contributed by atoms with E-state index in [1.165, 1.54) is 24.1 Å². The molecule has 4 rings (SSSR count). The fourth-order valence-corrected chi connectivity index (χ4v) is 7.03. The number of benzene rings is 2. The highest BCUT2D eigenvalue weighted by Crippen LogP contribution is 2.43. The molecule has 2 saturated heterocycles. The monoisotopic (exact) mass is 488 g/mol. The van der Waals surface area contributed by atoms with Gasteiger partial charge in [-0.25, -0.2) is 4.39 Å². The molecule has 3 amide bonds. The van der Waals surface area contributed by atoms with Crippen LogP contribution < -0.4 is 5.32 Å². The Morgan fingerprint density at radius 3 is 2.53 bits per heavy atom. The Kier molecular flexibility index (Phi) is 7.59. The molecule has 0 saturated carbocycles. The fourth-order valence-electron chi connectivity index (χ4n) is 3.28. The summed E-state index contributed by atoms with van der Waals surface area (Å²) >= 11 is 4.62. The Morgan fingerprint density at radius 1 is 1.09 bits per heavy atom. The second-order valence-electron chi connectivity index (χ2n) is 7.16. The highest BCUT2D eigenvalue weighted by molar-refractivity contribution is 8.18. The van der Waals surface area contributed by atoms with Gasteiger partial charge in [0, 0.05) is 24.2 Å². The number of thioether (sulfide) groups is 3. The Bertz CT molecular complexity index is 1050. The molecule has 32 heavy (non-hydrogen) atoms. The number of rotatable bonds is 6. The van der Waals surface area contributed by atoms with E-state index in [2.05, 4.69) is 5.32 Å². The second kappa shape index (κ2) is 10.6. The Labute approximate surface area is 198 Å². The Hall–Kier alpha value is -2.23. The first-order chi connectivity index (χ1) is 15.5. The highest BCUT2D eigenvalue weighted by Gasteiger charge is 2.34. The van der Waals surface area contributed by atoms with Gasteiger partial charge in [0.25, 0.3) is 17.1 Å². The summed E-state index contributed by atoms with van der Waals surface area (Å²) in [6.45, 7) is 0.193. The molecule has 0 bridgehead atoms. The van der Waals surface area contributed by atoms with Gasteiger partial charge in [0.15, 0.2) is 0 Å². The van der Waals surface area contributed by atoms with Gasteiger partial charge in [-0.2, -0.15) is 0 Å². The molecular formula is C23H21FN2O3S3. The van der Waals surface area contributed by atoms with Crippen molar-refractivity contribution in [1.82, 2.24) is 10.2 Å². The van der Waals surface area contributed by atoms with Crippen molar-refractivity contribution in [2.24, 2.45) is 0 Å². The quantitative estimate of drug-likeness (QED) is 0.567. The standard InChI is InChI=1S/C23H21FN2O3S3/c24-18-5-2-1-4-17(18)14-19-21(28)26(23(29)32-19)11-10-25-20(27)15-6-8-16(9-7-15)22-30-12-3-13-31-22/h1-2,4-9,14,22H,3,10-13H2,(H,25,27)/b19-14-. The number of carbonyl (C=O) groups excluding carboxylic acids is 3. The number of nitrogens with zero attached hydrogens (tertiary/aromatic N) is 1. The van der Waals surface area contributed by atoms with Crippen molar-refractivity contribution in [3.8, 4) is 0 Å². The van der Waals surface area contributed by atoms with Crippen LogP contribution in [0.1, 0.15) is 32.5 Å². The summed E-state index contributed by atoms with van der Waals surface area (Å²) in [5.41, 5.74) is 1.99. The van der Waals surface area contributed by atoms with E-state index in [0.717, 1.165) is 28.2 Å². The molecule has 0 aromatic heterocycles. The zero-order valence-corrected chi connectivity index (χ0v) is 19.5. The molecule has 0 radical (unpaired) electrons. The number of halogens is 1. The predicted molar refractivity (Wildman–Crippen MR) is 130 cm³/mol. The minimum atomic E-state index is -0.482. The number of hydrogen-bond acceptors (Lipinski definition) is 6. The Balaban J connectivity index is 1.31. The van der Waals surface area contributed by atoms with Gasteiger partial charge in [0.2, 0.25) is 0 Å². The van der Waals surface area contributed by atoms with Crippen LogP contribution in [0.25, 0.3) is 6.08 Å². The van der Waals surface area contributed by atoms with Crippen LogP contribution in [0.2, 0.25) is 0 Å². The summed E-state index contributed by atoms with van der Waals surface area (Å²) in [6.07, 6.45) is 2.61. The summed E-state index contributed by atoms with van der Waals surface area (Å²) in [6, 6.07) is 13.6. The van der Waals surface area contributed by atoms with E-state index < -0.39 is 17.0 Å². The minimum absolute atomic E-state index is 0.0540. The summed E-state index contributed by atoms with van der Waals surface area (Å²) in [7, 11) is 0. The summed E-state index contributed by atoms with van der Waals surface area (Å²) in [4.78, 5) is 38.4. The second-order valence-corrected chi connectivity index (χ2v) is 10.9. The number of imide groups is 1. The molecule has 2 aliphatic rings. The van der Waals surface area contributed by atoms with E-state index in [1.807, 2.05) is 35.7 Å². The molecule has 2 aromatic carbocycles. The van der Waals surface area contributed by atoms with Crippen LogP contribution in [0.4, 0.5) is 9.18 Å². The fraction of sp³-hybridized carbons (Fsp3) is 0.261. The van der Waals surface area contributed by atoms with Crippen LogP contribution in [0.15, 0.2) is 53.4 Å². The van der Waals surface area contributed by atoms with E-state index >= 15 is 0 Å². The van der Waals surface area contributed by atoms with Gasteiger partial charge < -0.3 is 5.32 Å². The maximum Gasteiger partial charge on any atom is 0.293 e. The average molecular weight is 489 g/mol. The van der Waals surface area contributed by atoms with E-state index in [0.29, 0.717) is 10.1 Å². The maximum atomic E-state index is 13.8. The largest absolute Gasteiger partial charge is 0.350 e. The number of carbonyl (C=O) groups is 3. The summed E-state index contributed by atoms with van der Waals surface area (Å²) in [5, 5.41) is 2.32. The number of amides is 3. The van der Waals surface area contributed by atoms with Gasteiger partial charge in [0.1, 0.15) is 5.82 Å². The topological polar surface area (TPSA) is 66.5 Å². The lowest BCUT2D eigenvalue weighted by molar-refractivity contribution is -0.122. The van der Waals surface area contributed by atoms with Gasteiger partial charge >= 0.3 is 0 Å². The maximum absolute atomic E-state index is 13.8. The van der Waals surface area contributed by atoms with Gasteiger partial charge in [-0.3, -0.25) is 19.3 Å². The van der Waals surface area contributed by atoms with E-state index in [1.54, 1.807) is 30.3 Å². The van der Waals surface area contributed by atoms with Crippen LogP contribution in [0.3, 0.4) is 0 Å². The van der Waals surface area contributed by atoms with Crippen molar-refractivity contribution < 1.29 is 18.8 Å². The van der Waals surface area contributed by atoms with Crippen molar-refractivity contribution in [3.63, 3.8) is 0 Å². The van der Waals surface area contributed by atoms with Crippen molar-refractivity contribution in [3.05, 3.63) is 75.9 Å². The van der Waals surface area contributed by atoms with Crippen molar-refractivity contribution >= 4 is 58.4 Å². The molecule has 166 valence electrons. The molecule has 0 aliphatic carbocycles. The van der Waals surface area contributed by atoms with Crippen molar-refractivity contribution in [2.75, 3.05) is 24.6 Å². The third-order valence-corrected chi connectivity index (χ3v) is 8.88. The van der Waals surface area contributed by atoms with Gasteiger partial charge in [-0.1, -0.05) is 30.3 Å². The first kappa shape index (κ1) is 22.9. The predicted octanol–water partition coefficient (Wildman–Crippen LogP) is 5.16. The lowest BCUT2D eigenvalue weighted by Gasteiger charge is -2.21. The smallest absolute Gasteiger partial charge is 0.293 e. The third kappa shape index (κ3) is 5.39. The molecule has 9 heteroatoms. The van der Waals surface area contributed by atoms with E-state index in [4.69, 9.17) is 0 Å². The van der Waals surface area contributed by atoms with Crippen LogP contribution in [-0.2, 0) is 4.79 Å². The normalized spacial score (nSPS) is 18.4. The van der Waals surface area contributed by atoms with Crippen LogP contribution in [0.5, 0.6) is 0 Å². The Morgan fingerprint density at radius 2 is 1.81 bits per heavy atom. The van der Waals surface area contributed by atoms with Gasteiger partial charge in [-0.15, -0.1) is 23.5 Å². The summed E-state index contributed by atoms with van der Waals surface area (Å²) < 4.78 is 14.2. The van der Waals surface area contributed by atoms with Gasteiger partial charge in [0.05, 0.1) is 9.49 Å². The molecule has 2 aliphatic heterocycles. The van der Waals surface area contributed by atoms with Crippen LogP contribution in [0, 0.1) is 5.82 Å². The summed E-state index contributed by atoms with van der Waals surface area (Å²) in [5.74, 6) is 1.11. The molecule has 0 atom stereocenters. The molecule has 2 heterocycles. The van der Waals surface area contributed by atoms with E-state index in [9.17, 15) is 18.8 Å². The van der Waals surface area contributed by atoms with Crippen molar-refractivity contribution in [2.45, 2.75) is 11.0 Å². The molecular weight excluding hydrogens is 467 g/mol. The SMILES string of the molecule is O=C(NCCN1C(=O)S/C(=C\c2ccccc2F)C1=O)c1ccc(C2SCCCS2)cc1. The molecule has 2 fully saturated rings. The van der Waals surface area contributed by atoms with Gasteiger partial charge in [-0.05, 0) is 59.5 Å². The van der Waals surface area contributed by atoms with Crippen LogP contribution in [-0.4, -0.2) is 46.5 Å². The van der Waals surface area contributed by atoms with E-state index in [-0.39, 0.29) is 29.5 Å². The number of nitrogens with one attached hydrogen (secondary N) is 1. The van der Waals surface area contributed by atoms with Crippen molar-refractivity contribution in [1.29, 1.82) is 0 Å². The highest BCUT2D eigenvalue weighted by atomic mass is 32.2. The zero-order valence-electron chi connectivity index (χ0n) is 17.1. The molecule has 1 N–H and O–H groups in total. The zero-order chi connectivity index (χ0) is 22.5. The third-order valence-electron chi connectivity index (χ3n) is 4.96.